The van der Waals surface area contributed by atoms with E-state index < -0.39 is 5.67 Å². The SMILES string of the molecule is FC1(c2cc3cn[nH]c3cc2OCc2ccon2)CC1. The highest BCUT2D eigenvalue weighted by Gasteiger charge is 2.47. The van der Waals surface area contributed by atoms with Crippen LogP contribution in [0.2, 0.25) is 0 Å². The van der Waals surface area contributed by atoms with Crippen molar-refractivity contribution in [3.05, 3.63) is 41.9 Å². The van der Waals surface area contributed by atoms with Crippen LogP contribution in [-0.4, -0.2) is 15.4 Å². The Kier molecular flexibility index (Phi) is 2.33. The van der Waals surface area contributed by atoms with E-state index in [1.165, 1.54) is 6.26 Å². The second-order valence-corrected chi connectivity index (χ2v) is 5.05. The summed E-state index contributed by atoms with van der Waals surface area (Å²) in [6.07, 6.45) is 4.24. The van der Waals surface area contributed by atoms with E-state index in [2.05, 4.69) is 15.4 Å². The van der Waals surface area contributed by atoms with Crippen molar-refractivity contribution in [3.8, 4) is 5.75 Å². The van der Waals surface area contributed by atoms with Gasteiger partial charge in [-0.3, -0.25) is 5.10 Å². The molecule has 0 atom stereocenters. The van der Waals surface area contributed by atoms with Crippen LogP contribution in [0.5, 0.6) is 5.75 Å². The lowest BCUT2D eigenvalue weighted by molar-refractivity contribution is 0.262. The van der Waals surface area contributed by atoms with Gasteiger partial charge in [0, 0.05) is 23.1 Å². The van der Waals surface area contributed by atoms with Gasteiger partial charge in [-0.15, -0.1) is 0 Å². The molecule has 102 valence electrons. The van der Waals surface area contributed by atoms with Crippen molar-refractivity contribution in [2.24, 2.45) is 0 Å². The highest BCUT2D eigenvalue weighted by molar-refractivity contribution is 5.81. The van der Waals surface area contributed by atoms with Gasteiger partial charge in [0.25, 0.3) is 0 Å². The van der Waals surface area contributed by atoms with Crippen molar-refractivity contribution in [2.45, 2.75) is 25.1 Å². The van der Waals surface area contributed by atoms with Gasteiger partial charge in [0.1, 0.15) is 30.0 Å². The van der Waals surface area contributed by atoms with Crippen LogP contribution in [0.3, 0.4) is 0 Å². The quantitative estimate of drug-likeness (QED) is 0.793. The molecule has 2 heterocycles. The van der Waals surface area contributed by atoms with Crippen molar-refractivity contribution >= 4 is 10.9 Å². The number of aromatic amines is 1. The Hall–Kier alpha value is -2.37. The van der Waals surface area contributed by atoms with Gasteiger partial charge in [0.05, 0.1) is 11.7 Å². The molecule has 6 heteroatoms. The summed E-state index contributed by atoms with van der Waals surface area (Å²) in [5, 5.41) is 11.5. The molecule has 0 aliphatic heterocycles. The summed E-state index contributed by atoms with van der Waals surface area (Å²) in [5.41, 5.74) is 0.831. The number of aromatic nitrogens is 3. The minimum atomic E-state index is -1.26. The zero-order valence-electron chi connectivity index (χ0n) is 10.6. The molecule has 0 unspecified atom stereocenters. The van der Waals surface area contributed by atoms with E-state index in [0.717, 1.165) is 10.9 Å². The maximum absolute atomic E-state index is 14.4. The first-order valence-corrected chi connectivity index (χ1v) is 6.43. The summed E-state index contributed by atoms with van der Waals surface area (Å²) in [6.45, 7) is 0.249. The Morgan fingerprint density at radius 1 is 1.40 bits per heavy atom. The molecule has 2 aromatic heterocycles. The van der Waals surface area contributed by atoms with Gasteiger partial charge in [0.2, 0.25) is 0 Å². The summed E-state index contributed by atoms with van der Waals surface area (Å²) >= 11 is 0. The minimum Gasteiger partial charge on any atom is -0.487 e. The number of fused-ring (bicyclic) bond motifs is 1. The lowest BCUT2D eigenvalue weighted by Crippen LogP contribution is -2.04. The van der Waals surface area contributed by atoms with Gasteiger partial charge in [-0.1, -0.05) is 5.16 Å². The van der Waals surface area contributed by atoms with Crippen LogP contribution in [0.4, 0.5) is 4.39 Å². The fourth-order valence-electron chi connectivity index (χ4n) is 2.28. The Balaban J connectivity index is 1.72. The molecule has 1 aliphatic rings. The molecular weight excluding hydrogens is 261 g/mol. The highest BCUT2D eigenvalue weighted by atomic mass is 19.1. The van der Waals surface area contributed by atoms with Gasteiger partial charge in [-0.05, 0) is 18.9 Å². The first kappa shape index (κ1) is 11.5. The molecule has 0 radical (unpaired) electrons. The van der Waals surface area contributed by atoms with E-state index in [0.29, 0.717) is 29.8 Å². The zero-order valence-corrected chi connectivity index (χ0v) is 10.6. The minimum absolute atomic E-state index is 0.249. The lowest BCUT2D eigenvalue weighted by Gasteiger charge is -2.13. The van der Waals surface area contributed by atoms with Gasteiger partial charge >= 0.3 is 0 Å². The third-order valence-electron chi connectivity index (χ3n) is 3.58. The zero-order chi connectivity index (χ0) is 13.6. The largest absolute Gasteiger partial charge is 0.487 e. The molecule has 20 heavy (non-hydrogen) atoms. The van der Waals surface area contributed by atoms with Crippen molar-refractivity contribution in [1.29, 1.82) is 0 Å². The summed E-state index contributed by atoms with van der Waals surface area (Å²) in [5.74, 6) is 0.532. The predicted molar refractivity (Wildman–Crippen MR) is 68.9 cm³/mol. The Morgan fingerprint density at radius 2 is 2.30 bits per heavy atom. The van der Waals surface area contributed by atoms with Gasteiger partial charge < -0.3 is 9.26 Å². The number of H-pyrrole nitrogens is 1. The van der Waals surface area contributed by atoms with Crippen LogP contribution in [0.25, 0.3) is 10.9 Å². The average Bonchev–Trinajstić information content (AvgIpc) is 2.90. The summed E-state index contributed by atoms with van der Waals surface area (Å²) < 4.78 is 24.9. The Labute approximate surface area is 113 Å². The smallest absolute Gasteiger partial charge is 0.139 e. The number of nitrogens with zero attached hydrogens (tertiary/aromatic N) is 2. The van der Waals surface area contributed by atoms with Crippen molar-refractivity contribution in [3.63, 3.8) is 0 Å². The molecule has 1 N–H and O–H groups in total. The summed E-state index contributed by atoms with van der Waals surface area (Å²) in [4.78, 5) is 0. The number of hydrogen-bond acceptors (Lipinski definition) is 4. The predicted octanol–water partition coefficient (Wildman–Crippen LogP) is 3.09. The van der Waals surface area contributed by atoms with Crippen LogP contribution < -0.4 is 4.74 Å². The standard InChI is InChI=1S/C14H12FN3O2/c15-14(2-3-14)11-5-9-7-16-17-12(9)6-13(11)19-8-10-1-4-20-18-10/h1,4-7H,2-3,8H2,(H,16,17). The topological polar surface area (TPSA) is 63.9 Å². The molecule has 0 spiro atoms. The number of ether oxygens (including phenoxy) is 1. The van der Waals surface area contributed by atoms with Crippen molar-refractivity contribution in [1.82, 2.24) is 15.4 Å². The monoisotopic (exact) mass is 273 g/mol. The molecule has 0 saturated heterocycles. The number of benzene rings is 1. The fraction of sp³-hybridized carbons (Fsp3) is 0.286. The lowest BCUT2D eigenvalue weighted by atomic mass is 10.1. The third-order valence-corrected chi connectivity index (χ3v) is 3.58. The van der Waals surface area contributed by atoms with Crippen molar-refractivity contribution in [2.75, 3.05) is 0 Å². The second-order valence-electron chi connectivity index (χ2n) is 5.05. The average molecular weight is 273 g/mol. The molecule has 0 amide bonds. The van der Waals surface area contributed by atoms with Crippen LogP contribution in [-0.2, 0) is 12.3 Å². The van der Waals surface area contributed by atoms with E-state index in [9.17, 15) is 4.39 Å². The van der Waals surface area contributed by atoms with Crippen LogP contribution in [0.1, 0.15) is 24.1 Å². The molecule has 1 saturated carbocycles. The first-order valence-electron chi connectivity index (χ1n) is 6.43. The molecule has 1 aliphatic carbocycles. The molecule has 1 aromatic carbocycles. The second kappa shape index (κ2) is 4.06. The van der Waals surface area contributed by atoms with E-state index in [1.54, 1.807) is 18.3 Å². The van der Waals surface area contributed by atoms with Gasteiger partial charge in [-0.25, -0.2) is 4.39 Å². The van der Waals surface area contributed by atoms with E-state index in [-0.39, 0.29) is 6.61 Å². The van der Waals surface area contributed by atoms with E-state index >= 15 is 0 Å². The molecule has 3 aromatic rings. The number of hydrogen-bond donors (Lipinski definition) is 1. The van der Waals surface area contributed by atoms with Crippen LogP contribution >= 0.6 is 0 Å². The fourth-order valence-corrected chi connectivity index (χ4v) is 2.28. The van der Waals surface area contributed by atoms with Gasteiger partial charge in [-0.2, -0.15) is 5.10 Å². The molecule has 0 bridgehead atoms. The van der Waals surface area contributed by atoms with E-state index in [4.69, 9.17) is 9.26 Å². The molecule has 1 fully saturated rings. The number of alkyl halides is 1. The maximum atomic E-state index is 14.4. The third kappa shape index (κ3) is 1.84. The highest BCUT2D eigenvalue weighted by Crippen LogP contribution is 2.53. The summed E-state index contributed by atoms with van der Waals surface area (Å²) in [6, 6.07) is 5.32. The first-order chi connectivity index (χ1) is 9.74. The van der Waals surface area contributed by atoms with Gasteiger partial charge in [0.15, 0.2) is 0 Å². The van der Waals surface area contributed by atoms with E-state index in [1.807, 2.05) is 6.07 Å². The molecular formula is C14H12FN3O2. The Bertz CT molecular complexity index is 747. The molecule has 5 nitrogen and oxygen atoms in total. The normalized spacial score (nSPS) is 16.4. The number of nitrogens with one attached hydrogen (secondary N) is 1. The maximum Gasteiger partial charge on any atom is 0.139 e. The number of halogens is 1. The molecule has 4 rings (SSSR count). The van der Waals surface area contributed by atoms with Crippen molar-refractivity contribution < 1.29 is 13.7 Å². The van der Waals surface area contributed by atoms with Crippen LogP contribution in [0, 0.1) is 0 Å². The Morgan fingerprint density at radius 3 is 3.05 bits per heavy atom. The number of rotatable bonds is 4. The van der Waals surface area contributed by atoms with Crippen LogP contribution in [0.15, 0.2) is 35.2 Å². The summed E-state index contributed by atoms with van der Waals surface area (Å²) in [7, 11) is 0.